The molecule has 16 heavy (non-hydrogen) atoms. The van der Waals surface area contributed by atoms with Crippen LogP contribution in [0.4, 0.5) is 0 Å². The summed E-state index contributed by atoms with van der Waals surface area (Å²) in [6, 6.07) is 0. The zero-order chi connectivity index (χ0) is 12.3. The summed E-state index contributed by atoms with van der Waals surface area (Å²) >= 11 is 0. The molecule has 0 fully saturated rings. The van der Waals surface area contributed by atoms with Crippen LogP contribution in [0.2, 0.25) is 0 Å². The van der Waals surface area contributed by atoms with Crippen LogP contribution in [0.25, 0.3) is 0 Å². The Balaban J connectivity index is 0. The van der Waals surface area contributed by atoms with Gasteiger partial charge in [0.15, 0.2) is 0 Å². The van der Waals surface area contributed by atoms with Gasteiger partial charge in [-0.3, -0.25) is 4.52 Å². The highest BCUT2D eigenvalue weighted by molar-refractivity contribution is 8.93. The van der Waals surface area contributed by atoms with Gasteiger partial charge in [0.1, 0.15) is 0 Å². The highest BCUT2D eigenvalue weighted by Crippen LogP contribution is 2.57. The third-order valence-corrected chi connectivity index (χ3v) is 3.36. The van der Waals surface area contributed by atoms with E-state index in [0.717, 1.165) is 0 Å². The molecule has 0 radical (unpaired) electrons. The van der Waals surface area contributed by atoms with Gasteiger partial charge in [-0.1, -0.05) is 0 Å². The molecule has 0 heterocycles. The van der Waals surface area contributed by atoms with Crippen LogP contribution in [0, 0.1) is 0 Å². The molecule has 0 spiro atoms. The molecule has 0 aromatic carbocycles. The molecule has 0 bridgehead atoms. The molecule has 11 heteroatoms. The average Bonchev–Trinajstić information content (AvgIpc) is 1.75. The van der Waals surface area contributed by atoms with Crippen molar-refractivity contribution >= 4 is 32.6 Å². The second-order valence-electron chi connectivity index (χ2n) is 3.44. The molecule has 1 unspecified atom stereocenters. The molecule has 4 N–H and O–H groups in total. The molecule has 0 amide bonds. The van der Waals surface area contributed by atoms with Crippen LogP contribution in [0.3, 0.4) is 0 Å². The van der Waals surface area contributed by atoms with Crippen LogP contribution >= 0.6 is 32.6 Å². The molecular formula is C5H15BrO8P2. The highest BCUT2D eigenvalue weighted by atomic mass is 79.9. The van der Waals surface area contributed by atoms with Crippen LogP contribution in [0.5, 0.6) is 0 Å². The monoisotopic (exact) mass is 344 g/mol. The molecule has 0 aliphatic heterocycles. The normalized spacial score (nSPS) is 16.4. The van der Waals surface area contributed by atoms with Crippen molar-refractivity contribution in [1.82, 2.24) is 0 Å². The smallest absolute Gasteiger partial charge is 0.390 e. The van der Waals surface area contributed by atoms with E-state index in [2.05, 4.69) is 8.83 Å². The molecule has 0 aliphatic carbocycles. The van der Waals surface area contributed by atoms with Crippen molar-refractivity contribution in [3.63, 3.8) is 0 Å². The van der Waals surface area contributed by atoms with Gasteiger partial charge in [-0.2, -0.15) is 4.31 Å². The number of phosphoric acid groups is 2. The van der Waals surface area contributed by atoms with E-state index in [1.807, 2.05) is 0 Å². The standard InChI is InChI=1S/C5H14O8P2.BrH/c1-5(2,6)3-4-12-15(10,11)13-14(7,8)9;/h6H,3-4H2,1-2H3,(H,10,11)(H2,7,8,9);1H. The first-order valence-electron chi connectivity index (χ1n) is 3.88. The summed E-state index contributed by atoms with van der Waals surface area (Å²) in [6.45, 7) is 2.53. The summed E-state index contributed by atoms with van der Waals surface area (Å²) < 4.78 is 28.8. The minimum Gasteiger partial charge on any atom is -0.390 e. The quantitative estimate of drug-likeness (QED) is 0.523. The Morgan fingerprint density at radius 2 is 1.62 bits per heavy atom. The fourth-order valence-corrected chi connectivity index (χ4v) is 2.15. The maximum absolute atomic E-state index is 10.9. The van der Waals surface area contributed by atoms with Crippen molar-refractivity contribution in [3.8, 4) is 0 Å². The number of aliphatic hydroxyl groups is 1. The first-order chi connectivity index (χ1) is 6.41. The Labute approximate surface area is 103 Å². The van der Waals surface area contributed by atoms with Crippen LogP contribution in [-0.4, -0.2) is 32.0 Å². The number of hydrogen-bond donors (Lipinski definition) is 4. The minimum atomic E-state index is -5.07. The SMILES string of the molecule is Br.CC(C)(O)CCOP(=O)(O)OP(=O)(O)O. The zero-order valence-electron chi connectivity index (χ0n) is 8.64. The lowest BCUT2D eigenvalue weighted by Gasteiger charge is -2.18. The molecule has 1 atom stereocenters. The van der Waals surface area contributed by atoms with Crippen molar-refractivity contribution in [2.75, 3.05) is 6.61 Å². The minimum absolute atomic E-state index is 0. The number of phosphoric ester groups is 1. The van der Waals surface area contributed by atoms with E-state index in [1.54, 1.807) is 0 Å². The van der Waals surface area contributed by atoms with E-state index in [4.69, 9.17) is 14.7 Å². The third-order valence-electron chi connectivity index (χ3n) is 1.18. The summed E-state index contributed by atoms with van der Waals surface area (Å²) in [6.07, 6.45) is 0.0159. The zero-order valence-corrected chi connectivity index (χ0v) is 12.1. The summed E-state index contributed by atoms with van der Waals surface area (Å²) in [4.78, 5) is 25.3. The molecule has 0 saturated carbocycles. The van der Waals surface area contributed by atoms with Gasteiger partial charge in [0, 0.05) is 0 Å². The Bertz CT molecular complexity index is 293. The van der Waals surface area contributed by atoms with Gasteiger partial charge in [0.05, 0.1) is 12.2 Å². The van der Waals surface area contributed by atoms with Crippen molar-refractivity contribution in [2.45, 2.75) is 25.9 Å². The predicted molar refractivity (Wildman–Crippen MR) is 60.1 cm³/mol. The van der Waals surface area contributed by atoms with Gasteiger partial charge in [0.25, 0.3) is 0 Å². The van der Waals surface area contributed by atoms with Crippen molar-refractivity contribution in [3.05, 3.63) is 0 Å². The van der Waals surface area contributed by atoms with Crippen molar-refractivity contribution < 1.29 is 37.8 Å². The Morgan fingerprint density at radius 1 is 1.19 bits per heavy atom. The molecule has 0 aromatic heterocycles. The van der Waals surface area contributed by atoms with Gasteiger partial charge in [-0.05, 0) is 20.3 Å². The Morgan fingerprint density at radius 3 is 1.94 bits per heavy atom. The number of hydrogen-bond acceptors (Lipinski definition) is 5. The van der Waals surface area contributed by atoms with Crippen LogP contribution in [0.15, 0.2) is 0 Å². The van der Waals surface area contributed by atoms with Gasteiger partial charge in [-0.15, -0.1) is 17.0 Å². The summed E-state index contributed by atoms with van der Waals surface area (Å²) in [5.74, 6) is 0. The lowest BCUT2D eigenvalue weighted by atomic mass is 10.1. The lowest BCUT2D eigenvalue weighted by Crippen LogP contribution is -2.20. The van der Waals surface area contributed by atoms with Crippen molar-refractivity contribution in [2.24, 2.45) is 0 Å². The molecule has 0 rings (SSSR count). The maximum Gasteiger partial charge on any atom is 0.481 e. The Hall–Kier alpha value is 0.700. The largest absolute Gasteiger partial charge is 0.481 e. The average molecular weight is 345 g/mol. The molecule has 0 aliphatic rings. The summed E-state index contributed by atoms with van der Waals surface area (Å²) in [5.41, 5.74) is -1.11. The maximum atomic E-state index is 10.9. The molecule has 8 nitrogen and oxygen atoms in total. The first-order valence-corrected chi connectivity index (χ1v) is 6.90. The van der Waals surface area contributed by atoms with Gasteiger partial charge in [-0.25, -0.2) is 9.13 Å². The Kier molecular flexibility index (Phi) is 7.84. The van der Waals surface area contributed by atoms with Gasteiger partial charge < -0.3 is 19.8 Å². The van der Waals surface area contributed by atoms with E-state index in [9.17, 15) is 14.2 Å². The van der Waals surface area contributed by atoms with Crippen LogP contribution in [0.1, 0.15) is 20.3 Å². The van der Waals surface area contributed by atoms with Gasteiger partial charge in [0.2, 0.25) is 0 Å². The third kappa shape index (κ3) is 12.8. The topological polar surface area (TPSA) is 134 Å². The lowest BCUT2D eigenvalue weighted by molar-refractivity contribution is 0.0500. The summed E-state index contributed by atoms with van der Waals surface area (Å²) in [5, 5.41) is 9.20. The summed E-state index contributed by atoms with van der Waals surface area (Å²) in [7, 11) is -9.84. The highest BCUT2D eigenvalue weighted by Gasteiger charge is 2.32. The predicted octanol–water partition coefficient (Wildman–Crippen LogP) is 0.952. The van der Waals surface area contributed by atoms with Crippen molar-refractivity contribution in [1.29, 1.82) is 0 Å². The molecule has 100 valence electrons. The van der Waals surface area contributed by atoms with Crippen LogP contribution < -0.4 is 0 Å². The van der Waals surface area contributed by atoms with E-state index in [1.165, 1.54) is 13.8 Å². The van der Waals surface area contributed by atoms with E-state index in [-0.39, 0.29) is 30.0 Å². The van der Waals surface area contributed by atoms with E-state index < -0.39 is 21.2 Å². The van der Waals surface area contributed by atoms with E-state index in [0.29, 0.717) is 0 Å². The molecule has 0 saturated heterocycles. The number of rotatable bonds is 6. The number of halogens is 1. The second-order valence-corrected chi connectivity index (χ2v) is 6.27. The second kappa shape index (κ2) is 6.58. The first kappa shape index (κ1) is 19.0. The molecule has 0 aromatic rings. The fourth-order valence-electron chi connectivity index (χ4n) is 0.569. The molecular weight excluding hydrogens is 330 g/mol. The van der Waals surface area contributed by atoms with Gasteiger partial charge >= 0.3 is 15.6 Å². The van der Waals surface area contributed by atoms with Crippen LogP contribution in [-0.2, 0) is 18.0 Å². The fraction of sp³-hybridized carbons (Fsp3) is 1.00. The van der Waals surface area contributed by atoms with E-state index >= 15 is 0 Å².